The number of carbonyl (C=O) groups excluding carboxylic acids is 1. The average Bonchev–Trinajstić information content (AvgIpc) is 3.35. The molecule has 23 heavy (non-hydrogen) atoms. The lowest BCUT2D eigenvalue weighted by atomic mass is 9.84. The molecule has 1 saturated heterocycles. The van der Waals surface area contributed by atoms with E-state index in [1.807, 2.05) is 24.3 Å². The second-order valence-corrected chi connectivity index (χ2v) is 6.98. The molecule has 1 amide bonds. The predicted molar refractivity (Wildman–Crippen MR) is 88.2 cm³/mol. The van der Waals surface area contributed by atoms with Gasteiger partial charge in [-0.1, -0.05) is 23.7 Å². The van der Waals surface area contributed by atoms with E-state index in [-0.39, 0.29) is 17.9 Å². The van der Waals surface area contributed by atoms with Crippen LogP contribution in [0, 0.1) is 5.92 Å². The molecule has 5 nitrogen and oxygen atoms in total. The smallest absolute Gasteiger partial charge is 0.262 e. The van der Waals surface area contributed by atoms with Gasteiger partial charge in [-0.2, -0.15) is 0 Å². The van der Waals surface area contributed by atoms with Gasteiger partial charge in [0.25, 0.3) is 5.91 Å². The fourth-order valence-corrected chi connectivity index (χ4v) is 3.97. The zero-order chi connectivity index (χ0) is 16.0. The van der Waals surface area contributed by atoms with E-state index in [0.717, 1.165) is 31.2 Å². The molecule has 1 unspecified atom stereocenters. The molecule has 1 atom stereocenters. The zero-order valence-corrected chi connectivity index (χ0v) is 13.6. The van der Waals surface area contributed by atoms with Gasteiger partial charge in [0, 0.05) is 24.3 Å². The highest BCUT2D eigenvalue weighted by Crippen LogP contribution is 2.52. The number of guanidine groups is 1. The Balaban J connectivity index is 1.75. The highest BCUT2D eigenvalue weighted by Gasteiger charge is 2.59. The third-order valence-corrected chi connectivity index (χ3v) is 5.31. The van der Waals surface area contributed by atoms with E-state index in [0.29, 0.717) is 24.2 Å². The molecule has 2 heterocycles. The topological polar surface area (TPSA) is 67.9 Å². The first kappa shape index (κ1) is 15.0. The maximum absolute atomic E-state index is 13.4. The molecule has 0 bridgehead atoms. The highest BCUT2D eigenvalue weighted by molar-refractivity contribution is 6.30. The number of carbonyl (C=O) groups is 1. The molecular weight excluding hydrogens is 314 g/mol. The van der Waals surface area contributed by atoms with Gasteiger partial charge in [0.05, 0.1) is 0 Å². The van der Waals surface area contributed by atoms with Crippen molar-refractivity contribution in [3.63, 3.8) is 0 Å². The Labute approximate surface area is 140 Å². The first-order valence-electron chi connectivity index (χ1n) is 8.15. The summed E-state index contributed by atoms with van der Waals surface area (Å²) in [5.74, 6) is 0.567. The number of amides is 1. The van der Waals surface area contributed by atoms with Crippen LogP contribution in [0.4, 0.5) is 0 Å². The number of hydrogen-bond acceptors (Lipinski definition) is 4. The number of ether oxygens (including phenoxy) is 1. The third-order valence-electron chi connectivity index (χ3n) is 5.07. The molecule has 3 aliphatic rings. The number of nitrogens with zero attached hydrogens (tertiary/aromatic N) is 2. The Morgan fingerprint density at radius 3 is 2.65 bits per heavy atom. The van der Waals surface area contributed by atoms with Crippen LogP contribution in [0.1, 0.15) is 31.2 Å². The van der Waals surface area contributed by atoms with Crippen molar-refractivity contribution >= 4 is 23.5 Å². The Morgan fingerprint density at radius 1 is 1.26 bits per heavy atom. The lowest BCUT2D eigenvalue weighted by Crippen LogP contribution is -2.51. The Bertz CT molecular complexity index is 668. The van der Waals surface area contributed by atoms with Crippen LogP contribution in [0.3, 0.4) is 0 Å². The highest BCUT2D eigenvalue weighted by atomic mass is 35.5. The molecule has 1 saturated carbocycles. The standard InChI is InChI=1S/C17H20ClN3O2/c18-13-3-1-2-12(10-13)17(11-4-5-11)15(22)21(16(19)20-17)14-6-8-23-9-7-14/h1-3,10-11,14H,4-9H2,(H2,19,20). The summed E-state index contributed by atoms with van der Waals surface area (Å²) in [6.07, 6.45) is 3.60. The molecule has 1 aliphatic carbocycles. The van der Waals surface area contributed by atoms with Gasteiger partial charge in [0.2, 0.25) is 0 Å². The minimum absolute atomic E-state index is 0.00617. The molecule has 2 aliphatic heterocycles. The Morgan fingerprint density at radius 2 is 2.00 bits per heavy atom. The maximum atomic E-state index is 13.4. The number of nitrogens with two attached hydrogens (primary N) is 1. The van der Waals surface area contributed by atoms with E-state index in [2.05, 4.69) is 0 Å². The number of rotatable bonds is 3. The largest absolute Gasteiger partial charge is 0.381 e. The number of halogens is 1. The second-order valence-electron chi connectivity index (χ2n) is 6.54. The summed E-state index contributed by atoms with van der Waals surface area (Å²) in [7, 11) is 0. The van der Waals surface area contributed by atoms with Gasteiger partial charge in [-0.3, -0.25) is 9.69 Å². The van der Waals surface area contributed by atoms with Crippen LogP contribution in [0.2, 0.25) is 5.02 Å². The molecule has 2 N–H and O–H groups in total. The van der Waals surface area contributed by atoms with Crippen molar-refractivity contribution in [2.45, 2.75) is 37.3 Å². The third kappa shape index (κ3) is 2.34. The molecule has 1 aromatic rings. The first-order chi connectivity index (χ1) is 11.1. The molecule has 6 heteroatoms. The minimum Gasteiger partial charge on any atom is -0.381 e. The van der Waals surface area contributed by atoms with Crippen molar-refractivity contribution in [2.24, 2.45) is 16.6 Å². The second kappa shape index (κ2) is 5.49. The van der Waals surface area contributed by atoms with Crippen LogP contribution in [-0.2, 0) is 15.1 Å². The van der Waals surface area contributed by atoms with E-state index in [1.54, 1.807) is 4.90 Å². The molecule has 1 aromatic carbocycles. The number of aliphatic imine (C=N–C) groups is 1. The van der Waals surface area contributed by atoms with Crippen LogP contribution < -0.4 is 5.73 Å². The number of benzene rings is 1. The first-order valence-corrected chi connectivity index (χ1v) is 8.53. The van der Waals surface area contributed by atoms with Gasteiger partial charge in [0.1, 0.15) is 0 Å². The lowest BCUT2D eigenvalue weighted by Gasteiger charge is -2.33. The van der Waals surface area contributed by atoms with Crippen LogP contribution in [0.25, 0.3) is 0 Å². The van der Waals surface area contributed by atoms with Crippen molar-refractivity contribution in [1.82, 2.24) is 4.90 Å². The summed E-state index contributed by atoms with van der Waals surface area (Å²) < 4.78 is 5.41. The summed E-state index contributed by atoms with van der Waals surface area (Å²) in [6.45, 7) is 1.32. The van der Waals surface area contributed by atoms with Gasteiger partial charge >= 0.3 is 0 Å². The maximum Gasteiger partial charge on any atom is 0.262 e. The summed E-state index contributed by atoms with van der Waals surface area (Å²) in [4.78, 5) is 19.8. The fraction of sp³-hybridized carbons (Fsp3) is 0.529. The van der Waals surface area contributed by atoms with E-state index in [1.165, 1.54) is 0 Å². The van der Waals surface area contributed by atoms with Crippen LogP contribution in [0.5, 0.6) is 0 Å². The molecular formula is C17H20ClN3O2. The molecule has 0 radical (unpaired) electrons. The summed E-state index contributed by atoms with van der Waals surface area (Å²) in [5.41, 5.74) is 6.17. The van der Waals surface area contributed by atoms with Crippen molar-refractivity contribution in [2.75, 3.05) is 13.2 Å². The van der Waals surface area contributed by atoms with Gasteiger partial charge in [-0.05, 0) is 49.3 Å². The molecule has 0 spiro atoms. The SMILES string of the molecule is NC1=NC(c2cccc(Cl)c2)(C2CC2)C(=O)N1C1CCOCC1. The minimum atomic E-state index is -0.882. The van der Waals surface area contributed by atoms with E-state index >= 15 is 0 Å². The monoisotopic (exact) mass is 333 g/mol. The summed E-state index contributed by atoms with van der Waals surface area (Å²) in [5, 5.41) is 0.619. The summed E-state index contributed by atoms with van der Waals surface area (Å²) >= 11 is 6.16. The normalized spacial score (nSPS) is 29.0. The predicted octanol–water partition coefficient (Wildman–Crippen LogP) is 2.28. The zero-order valence-electron chi connectivity index (χ0n) is 12.9. The van der Waals surface area contributed by atoms with E-state index < -0.39 is 5.54 Å². The Kier molecular flexibility index (Phi) is 3.58. The van der Waals surface area contributed by atoms with Crippen LogP contribution in [0.15, 0.2) is 29.3 Å². The lowest BCUT2D eigenvalue weighted by molar-refractivity contribution is -0.135. The molecule has 4 rings (SSSR count). The summed E-state index contributed by atoms with van der Waals surface area (Å²) in [6, 6.07) is 7.56. The molecule has 0 aromatic heterocycles. The van der Waals surface area contributed by atoms with E-state index in [4.69, 9.17) is 27.1 Å². The van der Waals surface area contributed by atoms with Crippen molar-refractivity contribution in [3.8, 4) is 0 Å². The van der Waals surface area contributed by atoms with Crippen molar-refractivity contribution in [1.29, 1.82) is 0 Å². The van der Waals surface area contributed by atoms with Crippen molar-refractivity contribution < 1.29 is 9.53 Å². The van der Waals surface area contributed by atoms with Crippen LogP contribution >= 0.6 is 11.6 Å². The number of hydrogen-bond donors (Lipinski definition) is 1. The molecule has 2 fully saturated rings. The van der Waals surface area contributed by atoms with E-state index in [9.17, 15) is 4.79 Å². The van der Waals surface area contributed by atoms with Gasteiger partial charge in [0.15, 0.2) is 11.5 Å². The molecule has 122 valence electrons. The van der Waals surface area contributed by atoms with Gasteiger partial charge in [-0.15, -0.1) is 0 Å². The quantitative estimate of drug-likeness (QED) is 0.922. The fourth-order valence-electron chi connectivity index (χ4n) is 3.78. The Hall–Kier alpha value is -1.59. The average molecular weight is 334 g/mol. The van der Waals surface area contributed by atoms with Crippen molar-refractivity contribution in [3.05, 3.63) is 34.9 Å². The van der Waals surface area contributed by atoms with Crippen LogP contribution in [-0.4, -0.2) is 36.0 Å². The van der Waals surface area contributed by atoms with Gasteiger partial charge < -0.3 is 10.5 Å². The van der Waals surface area contributed by atoms with Gasteiger partial charge in [-0.25, -0.2) is 4.99 Å².